The number of rotatable bonds is 6. The second-order valence-electron chi connectivity index (χ2n) is 13.6. The number of hydrogen-bond donors (Lipinski definition) is 3. The van der Waals surface area contributed by atoms with Crippen LogP contribution in [0.2, 0.25) is 0 Å². The Kier molecular flexibility index (Phi) is 10.3. The van der Waals surface area contributed by atoms with Crippen LogP contribution in [0.4, 0.5) is 35.3 Å². The van der Waals surface area contributed by atoms with Crippen molar-refractivity contribution in [3.05, 3.63) is 93.3 Å². The van der Waals surface area contributed by atoms with E-state index < -0.39 is 23.7 Å². The highest BCUT2D eigenvalue weighted by Gasteiger charge is 2.34. The average molecular weight is 731 g/mol. The molecule has 3 aromatic heterocycles. The van der Waals surface area contributed by atoms with Crippen LogP contribution in [-0.4, -0.2) is 70.1 Å². The third-order valence-electron chi connectivity index (χ3n) is 8.57. The zero-order valence-corrected chi connectivity index (χ0v) is 30.1. The lowest BCUT2D eigenvalue weighted by molar-refractivity contribution is -0.138. The second-order valence-corrected chi connectivity index (χ2v) is 14.5. The summed E-state index contributed by atoms with van der Waals surface area (Å²) in [5.74, 6) is 6.80. The summed E-state index contributed by atoms with van der Waals surface area (Å²) in [7, 11) is 1.99. The summed E-state index contributed by atoms with van der Waals surface area (Å²) in [5.41, 5.74) is 1.88. The average Bonchev–Trinajstić information content (AvgIpc) is 3.73. The first-order valence-corrected chi connectivity index (χ1v) is 17.3. The highest BCUT2D eigenvalue weighted by Crippen LogP contribution is 2.35. The first kappa shape index (κ1) is 36.5. The van der Waals surface area contributed by atoms with E-state index in [4.69, 9.17) is 4.52 Å². The van der Waals surface area contributed by atoms with Crippen molar-refractivity contribution in [2.24, 2.45) is 0 Å². The van der Waals surface area contributed by atoms with Gasteiger partial charge in [-0.2, -0.15) is 13.2 Å². The fraction of sp³-hybridized carbons (Fsp3) is 0.324. The molecule has 0 aliphatic carbocycles. The summed E-state index contributed by atoms with van der Waals surface area (Å²) in [6.07, 6.45) is -3.26. The molecular weight excluding hydrogens is 694 g/mol. The summed E-state index contributed by atoms with van der Waals surface area (Å²) in [5, 5.41) is 13.7. The molecule has 4 heterocycles. The third-order valence-corrected chi connectivity index (χ3v) is 9.55. The van der Waals surface area contributed by atoms with E-state index in [0.717, 1.165) is 24.7 Å². The van der Waals surface area contributed by atoms with Crippen LogP contribution in [-0.2, 0) is 18.1 Å². The molecule has 0 radical (unpaired) electrons. The number of carbonyl (C=O) groups is 2. The van der Waals surface area contributed by atoms with Gasteiger partial charge in [-0.1, -0.05) is 49.9 Å². The Labute approximate surface area is 302 Å². The standard InChI is InChI=1S/C37H37F3N8O3S/c1-22-6-7-24(34(49)43-27-11-10-25(28(17-27)37(38,39)40)19-48-14-12-47(5)13-15-48)16-23(22)8-9-26-20-52-32-31(26)41-21-42-33(32)45-35(50)44-30-18-29(51-46-30)36(2,3)4/h6-7,10-11,16-18,20-21H,12-15,19H2,1-5H3,(H,43,49)(H2,41,42,44,45,46,50). The molecule has 3 N–H and O–H groups in total. The molecule has 5 aromatic rings. The van der Waals surface area contributed by atoms with Crippen LogP contribution in [0, 0.1) is 18.8 Å². The van der Waals surface area contributed by atoms with E-state index in [0.29, 0.717) is 40.2 Å². The summed E-state index contributed by atoms with van der Waals surface area (Å²) in [4.78, 5) is 38.7. The number of likely N-dealkylation sites (N-methyl/N-ethyl adjacent to an activating group) is 1. The molecule has 0 bridgehead atoms. The molecule has 2 aromatic carbocycles. The van der Waals surface area contributed by atoms with Crippen molar-refractivity contribution >= 4 is 50.8 Å². The van der Waals surface area contributed by atoms with Gasteiger partial charge in [-0.05, 0) is 49.4 Å². The molecule has 1 aliphatic rings. The van der Waals surface area contributed by atoms with E-state index in [1.165, 1.54) is 29.8 Å². The maximum Gasteiger partial charge on any atom is 0.416 e. The van der Waals surface area contributed by atoms with Crippen molar-refractivity contribution in [2.45, 2.75) is 45.8 Å². The molecule has 1 aliphatic heterocycles. The number of halogens is 3. The van der Waals surface area contributed by atoms with Crippen molar-refractivity contribution < 1.29 is 27.3 Å². The van der Waals surface area contributed by atoms with Crippen molar-refractivity contribution in [2.75, 3.05) is 49.2 Å². The van der Waals surface area contributed by atoms with Gasteiger partial charge in [0.05, 0.1) is 15.8 Å². The van der Waals surface area contributed by atoms with Gasteiger partial charge in [0.25, 0.3) is 5.91 Å². The van der Waals surface area contributed by atoms with Gasteiger partial charge >= 0.3 is 12.2 Å². The topological polar surface area (TPSA) is 129 Å². The maximum absolute atomic E-state index is 14.1. The summed E-state index contributed by atoms with van der Waals surface area (Å²) in [6, 6.07) is 9.95. The van der Waals surface area contributed by atoms with Crippen molar-refractivity contribution in [3.63, 3.8) is 0 Å². The van der Waals surface area contributed by atoms with Crippen LogP contribution in [0.15, 0.2) is 58.7 Å². The van der Waals surface area contributed by atoms with Crippen LogP contribution in [0.25, 0.3) is 10.2 Å². The second kappa shape index (κ2) is 14.7. The number of piperazine rings is 1. The number of fused-ring (bicyclic) bond motifs is 1. The SMILES string of the molecule is Cc1ccc(C(=O)Nc2ccc(CN3CCN(C)CC3)c(C(F)(F)F)c2)cc1C#Cc1csc2c(NC(=O)Nc3cc(C(C)(C)C)on3)ncnc12. The van der Waals surface area contributed by atoms with Gasteiger partial charge in [-0.25, -0.2) is 14.8 Å². The zero-order chi connectivity index (χ0) is 37.2. The number of aryl methyl sites for hydroxylation is 1. The largest absolute Gasteiger partial charge is 0.416 e. The molecule has 0 atom stereocenters. The van der Waals surface area contributed by atoms with Gasteiger partial charge in [0.1, 0.15) is 17.6 Å². The van der Waals surface area contributed by atoms with Crippen molar-refractivity contribution in [1.29, 1.82) is 0 Å². The minimum Gasteiger partial charge on any atom is -0.359 e. The molecule has 270 valence electrons. The summed E-state index contributed by atoms with van der Waals surface area (Å²) >= 11 is 1.31. The zero-order valence-electron chi connectivity index (χ0n) is 29.2. The van der Waals surface area contributed by atoms with Gasteiger partial charge in [0.15, 0.2) is 11.6 Å². The van der Waals surface area contributed by atoms with Crippen LogP contribution in [0.1, 0.15) is 64.7 Å². The molecule has 3 amide bonds. The van der Waals surface area contributed by atoms with Gasteiger partial charge in [-0.15, -0.1) is 11.3 Å². The van der Waals surface area contributed by atoms with Gasteiger partial charge in [0, 0.05) is 66.4 Å². The predicted octanol–water partition coefficient (Wildman–Crippen LogP) is 7.35. The first-order valence-electron chi connectivity index (χ1n) is 16.5. The molecule has 15 heteroatoms. The quantitative estimate of drug-likeness (QED) is 0.155. The van der Waals surface area contributed by atoms with Crippen LogP contribution in [0.5, 0.6) is 0 Å². The minimum absolute atomic E-state index is 0.0471. The highest BCUT2D eigenvalue weighted by molar-refractivity contribution is 7.18. The lowest BCUT2D eigenvalue weighted by atomic mass is 9.93. The van der Waals surface area contributed by atoms with Gasteiger partial charge in [-0.3, -0.25) is 20.3 Å². The van der Waals surface area contributed by atoms with E-state index in [-0.39, 0.29) is 40.4 Å². The summed E-state index contributed by atoms with van der Waals surface area (Å²) < 4.78 is 48.2. The number of benzene rings is 2. The Morgan fingerprint density at radius 3 is 2.40 bits per heavy atom. The first-order chi connectivity index (χ1) is 24.6. The number of thiophene rings is 1. The number of urea groups is 1. The van der Waals surface area contributed by atoms with Crippen molar-refractivity contribution in [3.8, 4) is 11.8 Å². The number of carbonyl (C=O) groups excluding carboxylic acids is 2. The van der Waals surface area contributed by atoms with Gasteiger partial charge < -0.3 is 14.7 Å². The van der Waals surface area contributed by atoms with E-state index in [1.807, 2.05) is 39.6 Å². The van der Waals surface area contributed by atoms with Crippen LogP contribution >= 0.6 is 11.3 Å². The third kappa shape index (κ3) is 8.59. The van der Waals surface area contributed by atoms with Crippen LogP contribution < -0.4 is 16.0 Å². The Morgan fingerprint density at radius 1 is 0.942 bits per heavy atom. The molecule has 52 heavy (non-hydrogen) atoms. The molecule has 6 rings (SSSR count). The molecule has 11 nitrogen and oxygen atoms in total. The number of hydrogen-bond acceptors (Lipinski definition) is 9. The van der Waals surface area contributed by atoms with Crippen molar-refractivity contribution in [1.82, 2.24) is 24.9 Å². The lowest BCUT2D eigenvalue weighted by Crippen LogP contribution is -2.44. The van der Waals surface area contributed by atoms with Crippen LogP contribution in [0.3, 0.4) is 0 Å². The van der Waals surface area contributed by atoms with E-state index in [9.17, 15) is 22.8 Å². The van der Waals surface area contributed by atoms with E-state index >= 15 is 0 Å². The normalized spacial score (nSPS) is 14.2. The number of nitrogens with zero attached hydrogens (tertiary/aromatic N) is 5. The van der Waals surface area contributed by atoms with Gasteiger partial charge in [0.2, 0.25) is 0 Å². The number of aromatic nitrogens is 3. The Hall–Kier alpha value is -5.30. The molecule has 0 unspecified atom stereocenters. The fourth-order valence-corrected chi connectivity index (χ4v) is 6.41. The number of alkyl halides is 3. The smallest absolute Gasteiger partial charge is 0.359 e. The molecular formula is C37H37F3N8O3S. The molecule has 0 spiro atoms. The highest BCUT2D eigenvalue weighted by atomic mass is 32.1. The molecule has 1 fully saturated rings. The number of nitrogens with one attached hydrogen (secondary N) is 3. The monoisotopic (exact) mass is 730 g/mol. The van der Waals surface area contributed by atoms with E-state index in [1.54, 1.807) is 29.6 Å². The molecule has 0 saturated carbocycles. The Balaban J connectivity index is 1.16. The summed E-state index contributed by atoms with van der Waals surface area (Å²) in [6.45, 7) is 10.9. The van der Waals surface area contributed by atoms with E-state index in [2.05, 4.69) is 47.8 Å². The minimum atomic E-state index is -4.58. The maximum atomic E-state index is 14.1. The predicted molar refractivity (Wildman–Crippen MR) is 195 cm³/mol. The Bertz CT molecular complexity index is 2190. The fourth-order valence-electron chi connectivity index (χ4n) is 5.51. The number of anilines is 3. The lowest BCUT2D eigenvalue weighted by Gasteiger charge is -2.33. The number of amides is 3. The molecule has 1 saturated heterocycles. The Morgan fingerprint density at radius 2 is 1.69 bits per heavy atom.